The highest BCUT2D eigenvalue weighted by molar-refractivity contribution is 7.91. The van der Waals surface area contributed by atoms with E-state index in [1.54, 1.807) is 7.05 Å². The van der Waals surface area contributed by atoms with Gasteiger partial charge in [0.25, 0.3) is 5.56 Å². The number of sulfone groups is 1. The van der Waals surface area contributed by atoms with E-state index in [4.69, 9.17) is 0 Å². The lowest BCUT2D eigenvalue weighted by Gasteiger charge is -1.98. The van der Waals surface area contributed by atoms with E-state index in [0.29, 0.717) is 5.52 Å². The minimum absolute atomic E-state index is 0.0927. The van der Waals surface area contributed by atoms with Gasteiger partial charge >= 0.3 is 0 Å². The second kappa shape index (κ2) is 3.66. The third kappa shape index (κ3) is 1.64. The van der Waals surface area contributed by atoms with Crippen molar-refractivity contribution in [2.75, 3.05) is 5.75 Å². The van der Waals surface area contributed by atoms with Gasteiger partial charge in [-0.25, -0.2) is 13.1 Å². The Morgan fingerprint density at radius 1 is 1.29 bits per heavy atom. The van der Waals surface area contributed by atoms with Crippen LogP contribution in [0.25, 0.3) is 10.9 Å². The Morgan fingerprint density at radius 3 is 2.53 bits per heavy atom. The topological polar surface area (TPSA) is 86.8 Å². The van der Waals surface area contributed by atoms with Crippen molar-refractivity contribution in [3.8, 4) is 0 Å². The highest BCUT2D eigenvalue weighted by Gasteiger charge is 2.23. The van der Waals surface area contributed by atoms with Crippen LogP contribution in [-0.4, -0.2) is 33.7 Å². The highest BCUT2D eigenvalue weighted by atomic mass is 32.2. The number of hydrogen-bond donors (Lipinski definition) is 0. The molecule has 2 rings (SSSR count). The third-order valence-corrected chi connectivity index (χ3v) is 4.23. The van der Waals surface area contributed by atoms with E-state index in [0.717, 1.165) is 4.68 Å². The molecule has 92 valence electrons. The molecule has 2 aromatic heterocycles. The van der Waals surface area contributed by atoms with Gasteiger partial charge in [-0.15, -0.1) is 0 Å². The molecule has 8 heteroatoms. The zero-order chi connectivity index (χ0) is 12.8. The molecule has 17 heavy (non-hydrogen) atoms. The van der Waals surface area contributed by atoms with Gasteiger partial charge in [0, 0.05) is 14.1 Å². The van der Waals surface area contributed by atoms with Crippen molar-refractivity contribution in [2.45, 2.75) is 11.9 Å². The minimum atomic E-state index is -3.52. The van der Waals surface area contributed by atoms with E-state index in [2.05, 4.69) is 10.2 Å². The summed E-state index contributed by atoms with van der Waals surface area (Å²) in [5.41, 5.74) is -0.0391. The molecule has 0 aliphatic carbocycles. The number of hydrogen-bond acceptors (Lipinski definition) is 5. The maximum Gasteiger partial charge on any atom is 0.278 e. The Kier molecular flexibility index (Phi) is 2.53. The van der Waals surface area contributed by atoms with Gasteiger partial charge in [0.1, 0.15) is 5.39 Å². The van der Waals surface area contributed by atoms with Crippen molar-refractivity contribution in [1.82, 2.24) is 19.6 Å². The van der Waals surface area contributed by atoms with Crippen molar-refractivity contribution < 1.29 is 8.42 Å². The SMILES string of the molecule is CCS(=O)(=O)c1nn(C)c2cnn(C)c(=O)c12. The van der Waals surface area contributed by atoms with Crippen molar-refractivity contribution in [3.05, 3.63) is 16.6 Å². The van der Waals surface area contributed by atoms with Crippen LogP contribution < -0.4 is 5.56 Å². The second-order valence-corrected chi connectivity index (χ2v) is 5.86. The molecule has 0 saturated carbocycles. The van der Waals surface area contributed by atoms with E-state index < -0.39 is 15.4 Å². The van der Waals surface area contributed by atoms with E-state index >= 15 is 0 Å². The summed E-state index contributed by atoms with van der Waals surface area (Å²) < 4.78 is 26.1. The van der Waals surface area contributed by atoms with Gasteiger partial charge in [0.05, 0.1) is 17.5 Å². The Hall–Kier alpha value is -1.70. The fourth-order valence-corrected chi connectivity index (χ4v) is 2.59. The molecular formula is C9H12N4O3S. The summed E-state index contributed by atoms with van der Waals surface area (Å²) in [5.74, 6) is -0.0927. The highest BCUT2D eigenvalue weighted by Crippen LogP contribution is 2.18. The van der Waals surface area contributed by atoms with Crippen LogP contribution in [0, 0.1) is 0 Å². The summed E-state index contributed by atoms with van der Waals surface area (Å²) >= 11 is 0. The summed E-state index contributed by atoms with van der Waals surface area (Å²) in [6.45, 7) is 1.52. The van der Waals surface area contributed by atoms with Crippen LogP contribution in [0.1, 0.15) is 6.92 Å². The summed E-state index contributed by atoms with van der Waals surface area (Å²) in [4.78, 5) is 11.9. The van der Waals surface area contributed by atoms with Gasteiger partial charge in [0.2, 0.25) is 0 Å². The van der Waals surface area contributed by atoms with E-state index in [1.807, 2.05) is 0 Å². The molecular weight excluding hydrogens is 244 g/mol. The van der Waals surface area contributed by atoms with E-state index in [1.165, 1.54) is 24.9 Å². The molecule has 0 bridgehead atoms. The molecule has 0 fully saturated rings. The maximum atomic E-state index is 11.9. The first-order chi connectivity index (χ1) is 7.88. The lowest BCUT2D eigenvalue weighted by molar-refractivity contribution is 0.590. The smallest absolute Gasteiger partial charge is 0.267 e. The predicted molar refractivity (Wildman–Crippen MR) is 61.5 cm³/mol. The van der Waals surface area contributed by atoms with Crippen LogP contribution >= 0.6 is 0 Å². The fourth-order valence-electron chi connectivity index (χ4n) is 1.57. The number of fused-ring (bicyclic) bond motifs is 1. The van der Waals surface area contributed by atoms with Gasteiger partial charge in [-0.1, -0.05) is 6.92 Å². The third-order valence-electron chi connectivity index (χ3n) is 2.60. The zero-order valence-corrected chi connectivity index (χ0v) is 10.5. The lowest BCUT2D eigenvalue weighted by Crippen LogP contribution is -2.20. The van der Waals surface area contributed by atoms with E-state index in [-0.39, 0.29) is 16.2 Å². The molecule has 0 aromatic carbocycles. The quantitative estimate of drug-likeness (QED) is 0.720. The van der Waals surface area contributed by atoms with Gasteiger partial charge in [-0.2, -0.15) is 10.2 Å². The first-order valence-electron chi connectivity index (χ1n) is 5.00. The fraction of sp³-hybridized carbons (Fsp3) is 0.444. The predicted octanol–water partition coefficient (Wildman–Crippen LogP) is -0.539. The molecule has 0 saturated heterocycles. The number of aryl methyl sites for hydroxylation is 2. The summed E-state index contributed by atoms with van der Waals surface area (Å²) in [6.07, 6.45) is 1.43. The van der Waals surface area contributed by atoms with Crippen molar-refractivity contribution in [2.24, 2.45) is 14.1 Å². The number of aromatic nitrogens is 4. The van der Waals surface area contributed by atoms with Crippen molar-refractivity contribution in [1.29, 1.82) is 0 Å². The minimum Gasteiger partial charge on any atom is -0.267 e. The monoisotopic (exact) mass is 256 g/mol. The molecule has 2 heterocycles. The molecule has 0 radical (unpaired) electrons. The maximum absolute atomic E-state index is 11.9. The van der Waals surface area contributed by atoms with Crippen molar-refractivity contribution in [3.63, 3.8) is 0 Å². The van der Waals surface area contributed by atoms with Crippen LogP contribution in [0.5, 0.6) is 0 Å². The van der Waals surface area contributed by atoms with Crippen LogP contribution in [0.15, 0.2) is 16.0 Å². The van der Waals surface area contributed by atoms with Crippen LogP contribution in [0.3, 0.4) is 0 Å². The summed E-state index contributed by atoms with van der Waals surface area (Å²) in [5, 5.41) is 7.68. The number of nitrogens with zero attached hydrogens (tertiary/aromatic N) is 4. The molecule has 2 aromatic rings. The second-order valence-electron chi connectivity index (χ2n) is 3.67. The standard InChI is InChI=1S/C9H12N4O3S/c1-4-17(15,16)8-7-6(12(2)11-8)5-10-13(3)9(7)14/h5H,4H2,1-3H3. The summed E-state index contributed by atoms with van der Waals surface area (Å²) in [6, 6.07) is 0. The lowest BCUT2D eigenvalue weighted by atomic mass is 10.4. The van der Waals surface area contributed by atoms with Crippen LogP contribution in [0.4, 0.5) is 0 Å². The molecule has 0 unspecified atom stereocenters. The van der Waals surface area contributed by atoms with Crippen LogP contribution in [0.2, 0.25) is 0 Å². The Morgan fingerprint density at radius 2 is 1.94 bits per heavy atom. The van der Waals surface area contributed by atoms with Gasteiger partial charge in [-0.3, -0.25) is 9.48 Å². The Labute approximate surface area is 97.6 Å². The van der Waals surface area contributed by atoms with Gasteiger partial charge in [-0.05, 0) is 0 Å². The Bertz CT molecular complexity index is 741. The normalized spacial score (nSPS) is 12.2. The molecule has 0 atom stereocenters. The molecule has 0 N–H and O–H groups in total. The zero-order valence-electron chi connectivity index (χ0n) is 9.71. The first kappa shape index (κ1) is 11.8. The molecule has 0 aliphatic rings. The largest absolute Gasteiger partial charge is 0.278 e. The molecule has 0 aliphatic heterocycles. The first-order valence-corrected chi connectivity index (χ1v) is 6.65. The molecule has 7 nitrogen and oxygen atoms in total. The number of rotatable bonds is 2. The van der Waals surface area contributed by atoms with E-state index in [9.17, 15) is 13.2 Å². The average molecular weight is 256 g/mol. The van der Waals surface area contributed by atoms with Crippen LogP contribution in [-0.2, 0) is 23.9 Å². The Balaban J connectivity index is 3.02. The van der Waals surface area contributed by atoms with Gasteiger partial charge < -0.3 is 0 Å². The molecule has 0 amide bonds. The average Bonchev–Trinajstić information content (AvgIpc) is 2.63. The molecule has 0 spiro atoms. The van der Waals surface area contributed by atoms with Gasteiger partial charge in [0.15, 0.2) is 14.9 Å². The van der Waals surface area contributed by atoms with Crippen molar-refractivity contribution >= 4 is 20.7 Å². The summed E-state index contributed by atoms with van der Waals surface area (Å²) in [7, 11) is -0.465.